The number of hydrogen-bond acceptors (Lipinski definition) is 23. The summed E-state index contributed by atoms with van der Waals surface area (Å²) in [5.41, 5.74) is 2.58. The average molecular weight is 1850 g/mol. The molecule has 4 saturated heterocycles. The Labute approximate surface area is 784 Å². The molecule has 0 radical (unpaired) electrons. The first-order chi connectivity index (χ1) is 63.9. The predicted molar refractivity (Wildman–Crippen MR) is 495 cm³/mol. The summed E-state index contributed by atoms with van der Waals surface area (Å²) >= 11 is 0. The van der Waals surface area contributed by atoms with Crippen LogP contribution in [0.25, 0.3) is 0 Å². The number of fused-ring (bicyclic) bond motifs is 4. The topological polar surface area (TPSA) is 463 Å². The molecule has 8 fully saturated rings. The van der Waals surface area contributed by atoms with Gasteiger partial charge in [0.15, 0.2) is 11.6 Å². The van der Waals surface area contributed by atoms with E-state index < -0.39 is 118 Å². The van der Waals surface area contributed by atoms with E-state index in [2.05, 4.69) is 62.5 Å². The zero-order valence-corrected chi connectivity index (χ0v) is 79.2. The maximum atomic E-state index is 14.6. The molecular formula is C100H136N16O18. The van der Waals surface area contributed by atoms with Gasteiger partial charge in [-0.2, -0.15) is 0 Å². The number of ether oxygens (including phenoxy) is 1. The molecule has 9 N–H and O–H groups in total. The Morgan fingerprint density at radius 3 is 1.21 bits per heavy atom. The molecule has 34 heteroatoms. The molecule has 724 valence electrons. The molecule has 34 nitrogen and oxygen atoms in total. The van der Waals surface area contributed by atoms with Crippen molar-refractivity contribution in [3.05, 3.63) is 106 Å². The van der Waals surface area contributed by atoms with E-state index in [1.54, 1.807) is 26.8 Å². The van der Waals surface area contributed by atoms with Crippen LogP contribution in [-0.2, 0) is 65.8 Å². The minimum atomic E-state index is -1.03. The summed E-state index contributed by atoms with van der Waals surface area (Å²) in [6.07, 6.45) is 29.0. The van der Waals surface area contributed by atoms with Crippen molar-refractivity contribution in [3.8, 4) is 0 Å². The molecule has 0 bridgehead atoms. The highest BCUT2D eigenvalue weighted by Crippen LogP contribution is 2.46. The van der Waals surface area contributed by atoms with E-state index in [0.717, 1.165) is 164 Å². The number of piperidine rings is 2. The molecule has 0 spiro atoms. The number of ketones is 2. The highest BCUT2D eigenvalue weighted by Gasteiger charge is 2.56. The minimum Gasteiger partial charge on any atom is -0.480 e. The van der Waals surface area contributed by atoms with E-state index in [-0.39, 0.29) is 125 Å². The number of amides is 12. The van der Waals surface area contributed by atoms with Crippen LogP contribution in [0.2, 0.25) is 0 Å². The summed E-state index contributed by atoms with van der Waals surface area (Å²) in [6, 6.07) is 4.15. The molecule has 134 heavy (non-hydrogen) atoms. The summed E-state index contributed by atoms with van der Waals surface area (Å²) in [6.45, 7) is 19.4. The standard InChI is InChI=1S/C52H72N8O9.C48H64N8O9/c1-51(2,3)44(49(67)60-29-32-19-15-20-33(32)43(60)50(68)69-52(4,5)6)58-47(65)42(31-17-11-10-12-18-31)57-45(63)38-28-54-37(27-55-38)40(61)23-13-8-7-9-14-26-53-36-22-16-21-34-35(36)30-59(48(34)66)39-24-25-41(62)56-46(39)64;1-48(2,3)41(46(63)56-26-29-16-12-17-30(29)40(56)47(64)65)54-44(61)39(28-14-8-7-9-15-28)53-42(59)35-25-50-34(24-51-35)37(57)20-10-5-4-6-11-23-49-33-19-13-18-31-32(33)27-55(45(31)62)36-21-22-38(58)52-43(36)60/h16,21-22,27-28,31-33,39,42-44,53H,7-15,17-20,23-26,29-30H2,1-6H3,(H,57,63)(H,58,65)(H,56,62,64);13,18-19,24-25,28-30,36,39-41,49H,4-12,14-17,20-23,26-27H2,1-3H3,(H,53,59)(H,54,61)(H,64,65)(H,52,58,60)/t32-,33-,39?,42-,43-,44+;29-,30-,36?,39-,40-,41+/m00/s1. The number of carboxylic acid groups (broad SMARTS) is 1. The smallest absolute Gasteiger partial charge is 0.329 e. The number of esters is 1. The maximum absolute atomic E-state index is 14.6. The Morgan fingerprint density at radius 2 is 0.828 bits per heavy atom. The third-order valence-corrected chi connectivity index (χ3v) is 28.7. The summed E-state index contributed by atoms with van der Waals surface area (Å²) in [4.78, 5) is 235. The van der Waals surface area contributed by atoms with Gasteiger partial charge in [-0.25, -0.2) is 29.5 Å². The Bertz CT molecular complexity index is 5030. The zero-order valence-electron chi connectivity index (χ0n) is 79.2. The van der Waals surface area contributed by atoms with Crippen molar-refractivity contribution in [2.24, 2.45) is 46.3 Å². The number of carbonyl (C=O) groups is 16. The van der Waals surface area contributed by atoms with Gasteiger partial charge < -0.3 is 61.3 Å². The first kappa shape index (κ1) is 100.0. The van der Waals surface area contributed by atoms with Gasteiger partial charge in [0.1, 0.15) is 76.7 Å². The van der Waals surface area contributed by atoms with Gasteiger partial charge in [0.05, 0.1) is 24.8 Å². The highest BCUT2D eigenvalue weighted by molar-refractivity contribution is 6.08. The molecule has 12 atom stereocenters. The van der Waals surface area contributed by atoms with Crippen LogP contribution in [-0.4, -0.2) is 219 Å². The molecule has 4 aromatic rings. The number of hydrogen-bond donors (Lipinski definition) is 9. The van der Waals surface area contributed by atoms with E-state index in [9.17, 15) is 81.8 Å². The van der Waals surface area contributed by atoms with Crippen molar-refractivity contribution >= 4 is 106 Å². The van der Waals surface area contributed by atoms with Gasteiger partial charge in [-0.15, -0.1) is 0 Å². The summed E-state index contributed by atoms with van der Waals surface area (Å²) in [7, 11) is 0. The number of rotatable bonds is 36. The van der Waals surface area contributed by atoms with Crippen molar-refractivity contribution < 1.29 is 86.6 Å². The summed E-state index contributed by atoms with van der Waals surface area (Å²) in [5, 5.41) is 33.5. The van der Waals surface area contributed by atoms with Gasteiger partial charge in [0, 0.05) is 98.6 Å². The lowest BCUT2D eigenvalue weighted by Crippen LogP contribution is -2.61. The fourth-order valence-corrected chi connectivity index (χ4v) is 21.6. The molecule has 10 aliphatic rings. The zero-order chi connectivity index (χ0) is 96.0. The van der Waals surface area contributed by atoms with Gasteiger partial charge in [-0.05, 0) is 181 Å². The molecule has 4 aliphatic carbocycles. The van der Waals surface area contributed by atoms with E-state index in [1.807, 2.05) is 86.6 Å². The Hall–Kier alpha value is -11.5. The van der Waals surface area contributed by atoms with Gasteiger partial charge >= 0.3 is 11.9 Å². The molecule has 6 aliphatic heterocycles. The van der Waals surface area contributed by atoms with Gasteiger partial charge in [0.2, 0.25) is 47.3 Å². The number of likely N-dealkylation sites (tertiary alicyclic amines) is 2. The number of nitrogens with one attached hydrogen (secondary N) is 8. The van der Waals surface area contributed by atoms with E-state index in [1.165, 1.54) is 29.7 Å². The first-order valence-electron chi connectivity index (χ1n) is 48.9. The predicted octanol–water partition coefficient (Wildman–Crippen LogP) is 10.8. The minimum absolute atomic E-state index is 0.00632. The maximum Gasteiger partial charge on any atom is 0.329 e. The Balaban J connectivity index is 0.000000228. The third kappa shape index (κ3) is 24.4. The fraction of sp³-hybridized carbons (Fsp3) is 0.640. The van der Waals surface area contributed by atoms with Crippen LogP contribution in [0.5, 0.6) is 0 Å². The number of anilines is 2. The van der Waals surface area contributed by atoms with Crippen molar-refractivity contribution in [1.29, 1.82) is 0 Å². The molecule has 2 aromatic heterocycles. The van der Waals surface area contributed by atoms with Crippen LogP contribution in [0.3, 0.4) is 0 Å². The molecule has 4 saturated carbocycles. The normalized spacial score (nSPS) is 22.8. The lowest BCUT2D eigenvalue weighted by Gasteiger charge is -2.38. The van der Waals surface area contributed by atoms with Gasteiger partial charge in [-0.3, -0.25) is 77.8 Å². The largest absolute Gasteiger partial charge is 0.480 e. The van der Waals surface area contributed by atoms with Gasteiger partial charge in [0.25, 0.3) is 23.6 Å². The second-order valence-corrected chi connectivity index (χ2v) is 41.5. The van der Waals surface area contributed by atoms with E-state index in [4.69, 9.17) is 4.74 Å². The lowest BCUT2D eigenvalue weighted by atomic mass is 9.82. The van der Waals surface area contributed by atoms with E-state index >= 15 is 0 Å². The fourth-order valence-electron chi connectivity index (χ4n) is 21.6. The number of carbonyl (C=O) groups excluding carboxylic acids is 15. The number of nitrogens with zero attached hydrogens (tertiary/aromatic N) is 8. The van der Waals surface area contributed by atoms with E-state index in [0.29, 0.717) is 88.9 Å². The number of carboxylic acids is 1. The molecule has 2 unspecified atom stereocenters. The molecule has 2 aromatic carbocycles. The number of unbranched alkanes of at least 4 members (excludes halogenated alkanes) is 8. The number of imide groups is 2. The Morgan fingerprint density at radius 1 is 0.448 bits per heavy atom. The molecule has 12 amide bonds. The first-order valence-corrected chi connectivity index (χ1v) is 48.9. The van der Waals surface area contributed by atoms with Crippen LogP contribution in [0, 0.1) is 46.3 Å². The van der Waals surface area contributed by atoms with Gasteiger partial charge in [-0.1, -0.05) is 144 Å². The Kier molecular flexibility index (Phi) is 33.1. The number of Topliss-reactive ketones (excluding diaryl/α,β-unsaturated/α-hetero) is 2. The highest BCUT2D eigenvalue weighted by atomic mass is 16.6. The third-order valence-electron chi connectivity index (χ3n) is 28.7. The number of benzene rings is 2. The van der Waals surface area contributed by atoms with Crippen molar-refractivity contribution in [2.75, 3.05) is 36.8 Å². The second-order valence-electron chi connectivity index (χ2n) is 41.5. The van der Waals surface area contributed by atoms with Crippen molar-refractivity contribution in [2.45, 2.75) is 335 Å². The second kappa shape index (κ2) is 44.3. The molecule has 8 heterocycles. The quantitative estimate of drug-likeness (QED) is 0.00884. The molecule has 14 rings (SSSR count). The van der Waals surface area contributed by atoms with Crippen LogP contribution < -0.4 is 42.5 Å². The number of aliphatic carboxylic acids is 1. The number of aromatic nitrogens is 4. The molecular weight excluding hydrogens is 1710 g/mol. The summed E-state index contributed by atoms with van der Waals surface area (Å²) in [5.74, 6) is -6.78. The van der Waals surface area contributed by atoms with Crippen LogP contribution in [0.4, 0.5) is 11.4 Å². The van der Waals surface area contributed by atoms with Crippen LogP contribution in [0.1, 0.15) is 342 Å². The van der Waals surface area contributed by atoms with Crippen LogP contribution >= 0.6 is 0 Å². The SMILES string of the molecule is CC(C)(C)OC(=O)[C@@H]1[C@H]2CCC[C@H]2CN1C(=O)[C@@H](NC(=O)[C@@H](NC(=O)c1cnc(C(=O)CCCCCCCNc2cccc3c2CN(C2CCC(=O)NC2=O)C3=O)cn1)C1CCCCC1)C(C)(C)C.CC(C)(C)[C@H](NC(=O)[C@@H](NC(=O)c1cnc(C(=O)CCCCCCCNc2cccc3c2CN(C2CCC(=O)NC2=O)C3=O)cn1)C1CCCCC1)C(=O)N1C[C@@H]2CCC[C@@H]2[C@H]1C(=O)O. The van der Waals surface area contributed by atoms with Crippen molar-refractivity contribution in [1.82, 2.24) is 71.4 Å². The van der Waals surface area contributed by atoms with Crippen LogP contribution in [0.15, 0.2) is 61.2 Å². The lowest BCUT2D eigenvalue weighted by molar-refractivity contribution is -0.165. The van der Waals surface area contributed by atoms with Crippen molar-refractivity contribution in [3.63, 3.8) is 0 Å². The summed E-state index contributed by atoms with van der Waals surface area (Å²) < 4.78 is 5.84. The monoisotopic (exact) mass is 1850 g/mol. The average Bonchev–Trinajstić information content (AvgIpc) is 1.61.